The van der Waals surface area contributed by atoms with Crippen LogP contribution >= 0.6 is 11.6 Å². The van der Waals surface area contributed by atoms with E-state index in [1.165, 1.54) is 24.7 Å². The number of rotatable bonds is 3. The van der Waals surface area contributed by atoms with Crippen LogP contribution in [0.25, 0.3) is 33.0 Å². The highest BCUT2D eigenvalue weighted by atomic mass is 35.5. The number of pyridine rings is 1. The van der Waals surface area contributed by atoms with E-state index in [1.54, 1.807) is 33.4 Å². The highest BCUT2D eigenvalue weighted by molar-refractivity contribution is 6.31. The molecule has 1 fully saturated rings. The van der Waals surface area contributed by atoms with Crippen molar-refractivity contribution in [3.05, 3.63) is 71.3 Å². The topological polar surface area (TPSA) is 39.5 Å². The van der Waals surface area contributed by atoms with E-state index in [-0.39, 0.29) is 17.9 Å². The SMILES string of the molecule is [C-]#[N+]c1cnc2ccc(-c3c(-c4ccc(F)c(Cl)c4)ncn3C3CC(F)(F)C3)cn12. The molecule has 0 radical (unpaired) electrons. The summed E-state index contributed by atoms with van der Waals surface area (Å²) in [5.41, 5.74) is 2.93. The maximum Gasteiger partial charge on any atom is 0.254 e. The van der Waals surface area contributed by atoms with Gasteiger partial charge in [-0.25, -0.2) is 27.5 Å². The van der Waals surface area contributed by atoms with Crippen LogP contribution < -0.4 is 0 Å². The standard InChI is InChI=1S/C21H13ClF3N5/c1-26-18-9-27-17-5-3-13(10-29(17)18)20-19(12-2-4-16(23)15(22)6-12)28-11-30(20)14-7-21(24,25)8-14/h2-6,9-11,14H,7-8H2. The average Bonchev–Trinajstić information content (AvgIpc) is 3.31. The third-order valence-electron chi connectivity index (χ3n) is 5.32. The first-order valence-corrected chi connectivity index (χ1v) is 9.49. The lowest BCUT2D eigenvalue weighted by atomic mass is 9.87. The minimum atomic E-state index is -2.70. The fourth-order valence-corrected chi connectivity index (χ4v) is 3.98. The van der Waals surface area contributed by atoms with Gasteiger partial charge < -0.3 is 9.41 Å². The van der Waals surface area contributed by atoms with Gasteiger partial charge in [0.05, 0.1) is 35.1 Å². The molecule has 9 heteroatoms. The number of benzene rings is 1. The number of hydrogen-bond donors (Lipinski definition) is 0. The number of alkyl halides is 2. The van der Waals surface area contributed by atoms with Crippen LogP contribution in [-0.4, -0.2) is 24.9 Å². The van der Waals surface area contributed by atoms with Gasteiger partial charge in [0.2, 0.25) is 5.65 Å². The van der Waals surface area contributed by atoms with Gasteiger partial charge in [-0.2, -0.15) is 0 Å². The molecule has 0 N–H and O–H groups in total. The van der Waals surface area contributed by atoms with Crippen LogP contribution in [0.4, 0.5) is 19.0 Å². The zero-order valence-electron chi connectivity index (χ0n) is 15.4. The van der Waals surface area contributed by atoms with Crippen molar-refractivity contribution in [2.45, 2.75) is 24.8 Å². The van der Waals surface area contributed by atoms with Crippen molar-refractivity contribution in [3.8, 4) is 22.5 Å². The molecule has 0 aliphatic heterocycles. The summed E-state index contributed by atoms with van der Waals surface area (Å²) >= 11 is 5.96. The van der Waals surface area contributed by atoms with Crippen LogP contribution in [0.2, 0.25) is 5.02 Å². The summed E-state index contributed by atoms with van der Waals surface area (Å²) in [6, 6.07) is 7.39. The Labute approximate surface area is 174 Å². The molecule has 0 amide bonds. The Hall–Kier alpha value is -3.31. The van der Waals surface area contributed by atoms with Crippen LogP contribution in [0.5, 0.6) is 0 Å². The zero-order chi connectivity index (χ0) is 21.0. The summed E-state index contributed by atoms with van der Waals surface area (Å²) in [4.78, 5) is 12.1. The molecule has 0 atom stereocenters. The van der Waals surface area contributed by atoms with E-state index in [4.69, 9.17) is 18.2 Å². The molecule has 1 aromatic carbocycles. The van der Waals surface area contributed by atoms with E-state index in [0.717, 1.165) is 0 Å². The number of hydrogen-bond acceptors (Lipinski definition) is 2. The predicted molar refractivity (Wildman–Crippen MR) is 106 cm³/mol. The van der Waals surface area contributed by atoms with Crippen molar-refractivity contribution in [3.63, 3.8) is 0 Å². The third-order valence-corrected chi connectivity index (χ3v) is 5.61. The molecule has 0 spiro atoms. The molecule has 0 unspecified atom stereocenters. The second-order valence-electron chi connectivity index (χ2n) is 7.27. The van der Waals surface area contributed by atoms with E-state index in [9.17, 15) is 13.2 Å². The lowest BCUT2D eigenvalue weighted by molar-refractivity contribution is -0.103. The van der Waals surface area contributed by atoms with E-state index in [0.29, 0.717) is 34.0 Å². The van der Waals surface area contributed by atoms with E-state index in [1.807, 2.05) is 0 Å². The first kappa shape index (κ1) is 18.7. The Morgan fingerprint density at radius 2 is 1.90 bits per heavy atom. The molecular formula is C21H13ClF3N5. The monoisotopic (exact) mass is 427 g/mol. The minimum absolute atomic E-state index is 0.0523. The Bertz CT molecular complexity index is 1330. The average molecular weight is 428 g/mol. The van der Waals surface area contributed by atoms with Gasteiger partial charge in [-0.3, -0.25) is 0 Å². The molecule has 3 aromatic heterocycles. The van der Waals surface area contributed by atoms with Crippen LogP contribution in [-0.2, 0) is 0 Å². The van der Waals surface area contributed by atoms with Crippen LogP contribution in [0, 0.1) is 12.4 Å². The van der Waals surface area contributed by atoms with Crippen LogP contribution in [0.15, 0.2) is 49.1 Å². The number of nitrogens with zero attached hydrogens (tertiary/aromatic N) is 5. The Balaban J connectivity index is 1.71. The first-order chi connectivity index (χ1) is 14.4. The number of aromatic nitrogens is 4. The van der Waals surface area contributed by atoms with Gasteiger partial charge in [0.25, 0.3) is 11.7 Å². The van der Waals surface area contributed by atoms with E-state index >= 15 is 0 Å². The summed E-state index contributed by atoms with van der Waals surface area (Å²) in [6.07, 6.45) is 4.17. The minimum Gasteiger partial charge on any atom is -0.362 e. The van der Waals surface area contributed by atoms with E-state index in [2.05, 4.69) is 14.8 Å². The second kappa shape index (κ2) is 6.61. The Morgan fingerprint density at radius 3 is 2.60 bits per heavy atom. The molecule has 1 saturated carbocycles. The first-order valence-electron chi connectivity index (χ1n) is 9.11. The Morgan fingerprint density at radius 1 is 1.13 bits per heavy atom. The molecule has 1 aliphatic carbocycles. The van der Waals surface area contributed by atoms with Gasteiger partial charge >= 0.3 is 0 Å². The molecule has 0 bridgehead atoms. The fraction of sp³-hybridized carbons (Fsp3) is 0.190. The maximum atomic E-state index is 13.7. The zero-order valence-corrected chi connectivity index (χ0v) is 16.1. The summed E-state index contributed by atoms with van der Waals surface area (Å²) < 4.78 is 44.1. The number of fused-ring (bicyclic) bond motifs is 1. The highest BCUT2D eigenvalue weighted by Gasteiger charge is 2.47. The summed E-state index contributed by atoms with van der Waals surface area (Å²) in [6.45, 7) is 7.31. The van der Waals surface area contributed by atoms with Crippen molar-refractivity contribution in [1.29, 1.82) is 0 Å². The molecule has 5 nitrogen and oxygen atoms in total. The van der Waals surface area contributed by atoms with Gasteiger partial charge in [-0.05, 0) is 24.3 Å². The molecule has 3 heterocycles. The normalized spacial score (nSPS) is 15.8. The van der Waals surface area contributed by atoms with Gasteiger partial charge in [0.15, 0.2) is 0 Å². The lowest BCUT2D eigenvalue weighted by Crippen LogP contribution is -2.37. The largest absolute Gasteiger partial charge is 0.362 e. The van der Waals surface area contributed by atoms with Crippen LogP contribution in [0.1, 0.15) is 18.9 Å². The Kier molecular flexibility index (Phi) is 4.12. The molecule has 4 aromatic rings. The third kappa shape index (κ3) is 2.94. The molecular weight excluding hydrogens is 415 g/mol. The highest BCUT2D eigenvalue weighted by Crippen LogP contribution is 2.48. The van der Waals surface area contributed by atoms with Crippen molar-refractivity contribution in [2.75, 3.05) is 0 Å². The lowest BCUT2D eigenvalue weighted by Gasteiger charge is -2.36. The van der Waals surface area contributed by atoms with E-state index < -0.39 is 17.8 Å². The van der Waals surface area contributed by atoms with Crippen molar-refractivity contribution >= 4 is 23.1 Å². The second-order valence-corrected chi connectivity index (χ2v) is 7.68. The molecule has 5 rings (SSSR count). The maximum absolute atomic E-state index is 13.7. The van der Waals surface area contributed by atoms with Crippen molar-refractivity contribution in [1.82, 2.24) is 18.9 Å². The van der Waals surface area contributed by atoms with Gasteiger partial charge in [0.1, 0.15) is 5.82 Å². The van der Waals surface area contributed by atoms with Crippen molar-refractivity contribution in [2.24, 2.45) is 0 Å². The predicted octanol–water partition coefficient (Wildman–Crippen LogP) is 6.18. The smallest absolute Gasteiger partial charge is 0.254 e. The number of imidazole rings is 2. The number of halogens is 4. The quantitative estimate of drug-likeness (QED) is 0.366. The fourth-order valence-electron chi connectivity index (χ4n) is 3.80. The van der Waals surface area contributed by atoms with Crippen molar-refractivity contribution < 1.29 is 13.2 Å². The molecule has 0 saturated heterocycles. The van der Waals surface area contributed by atoms with Gasteiger partial charge in [-0.1, -0.05) is 18.2 Å². The summed E-state index contributed by atoms with van der Waals surface area (Å²) in [5, 5.41) is -0.0523. The van der Waals surface area contributed by atoms with Crippen LogP contribution in [0.3, 0.4) is 0 Å². The summed E-state index contributed by atoms with van der Waals surface area (Å²) in [7, 11) is 0. The molecule has 30 heavy (non-hydrogen) atoms. The summed E-state index contributed by atoms with van der Waals surface area (Å²) in [5.74, 6) is -2.92. The molecule has 1 aliphatic rings. The van der Waals surface area contributed by atoms with Gasteiger partial charge in [0, 0.05) is 36.1 Å². The van der Waals surface area contributed by atoms with Gasteiger partial charge in [-0.15, -0.1) is 0 Å². The molecule has 150 valence electrons.